The Morgan fingerprint density at radius 1 is 1.37 bits per heavy atom. The number of nitrogens with one attached hydrogen (secondary N) is 1. The van der Waals surface area contributed by atoms with Gasteiger partial charge < -0.3 is 4.90 Å². The number of amides is 2. The van der Waals surface area contributed by atoms with Gasteiger partial charge in [-0.25, -0.2) is 14.2 Å². The van der Waals surface area contributed by atoms with Crippen molar-refractivity contribution in [3.05, 3.63) is 52.4 Å². The Morgan fingerprint density at radius 3 is 2.67 bits per heavy atom. The molecule has 0 saturated heterocycles. The molecule has 1 N–H and O–H groups in total. The maximum absolute atomic E-state index is 13.3. The number of aryl methyl sites for hydroxylation is 2. The van der Waals surface area contributed by atoms with Gasteiger partial charge in [-0.2, -0.15) is 5.10 Å². The zero-order valence-electron chi connectivity index (χ0n) is 15.7. The molecule has 27 heavy (non-hydrogen) atoms. The number of benzene rings is 1. The van der Waals surface area contributed by atoms with E-state index in [0.29, 0.717) is 12.2 Å². The number of carbonyl (C=O) groups excluding carboxylic acids is 1. The Labute approximate surface area is 161 Å². The van der Waals surface area contributed by atoms with E-state index in [1.165, 1.54) is 23.5 Å². The van der Waals surface area contributed by atoms with E-state index >= 15 is 0 Å². The molecule has 3 rings (SSSR count). The molecule has 2 heterocycles. The Kier molecular flexibility index (Phi) is 5.55. The van der Waals surface area contributed by atoms with E-state index in [1.54, 1.807) is 42.0 Å². The van der Waals surface area contributed by atoms with E-state index in [4.69, 9.17) is 0 Å². The Balaban J connectivity index is 1.91. The largest absolute Gasteiger partial charge is 0.323 e. The molecule has 0 aliphatic heterocycles. The predicted octanol–water partition coefficient (Wildman–Crippen LogP) is 4.47. The molecule has 0 aliphatic carbocycles. The van der Waals surface area contributed by atoms with Gasteiger partial charge in [0.1, 0.15) is 16.6 Å². The summed E-state index contributed by atoms with van der Waals surface area (Å²) in [5.74, 6) is 0.282. The fourth-order valence-electron chi connectivity index (χ4n) is 2.86. The molecule has 1 unspecified atom stereocenters. The minimum atomic E-state index is -0.303. The van der Waals surface area contributed by atoms with E-state index in [0.717, 1.165) is 21.8 Å². The van der Waals surface area contributed by atoms with E-state index < -0.39 is 0 Å². The lowest BCUT2D eigenvalue weighted by Crippen LogP contribution is -2.34. The van der Waals surface area contributed by atoms with Crippen molar-refractivity contribution in [1.82, 2.24) is 19.7 Å². The zero-order chi connectivity index (χ0) is 19.6. The highest BCUT2D eigenvalue weighted by Gasteiger charge is 2.23. The summed E-state index contributed by atoms with van der Waals surface area (Å²) in [4.78, 5) is 18.7. The molecule has 0 saturated carbocycles. The summed E-state index contributed by atoms with van der Waals surface area (Å²) in [7, 11) is 3.52. The van der Waals surface area contributed by atoms with Crippen LogP contribution in [0.1, 0.15) is 30.6 Å². The number of hydrogen-bond acceptors (Lipinski definition) is 4. The Morgan fingerprint density at radius 2 is 2.07 bits per heavy atom. The van der Waals surface area contributed by atoms with Crippen LogP contribution in [0, 0.1) is 5.82 Å². The van der Waals surface area contributed by atoms with Crippen LogP contribution < -0.4 is 5.32 Å². The summed E-state index contributed by atoms with van der Waals surface area (Å²) in [5.41, 5.74) is 2.46. The van der Waals surface area contributed by atoms with Crippen molar-refractivity contribution in [3.8, 4) is 11.1 Å². The van der Waals surface area contributed by atoms with Crippen LogP contribution in [0.15, 0.2) is 35.8 Å². The Hall–Kier alpha value is -2.74. The predicted molar refractivity (Wildman–Crippen MR) is 105 cm³/mol. The molecule has 3 aromatic rings. The van der Waals surface area contributed by atoms with Crippen LogP contribution in [0.25, 0.3) is 11.1 Å². The number of hydrogen-bond donors (Lipinski definition) is 1. The molecule has 0 spiro atoms. The number of thiazole rings is 1. The molecule has 0 bridgehead atoms. The molecule has 0 fully saturated rings. The van der Waals surface area contributed by atoms with Crippen molar-refractivity contribution in [3.63, 3.8) is 0 Å². The van der Waals surface area contributed by atoms with Gasteiger partial charge in [0.2, 0.25) is 0 Å². The fourth-order valence-corrected chi connectivity index (χ4v) is 3.60. The molecule has 8 heteroatoms. The van der Waals surface area contributed by atoms with E-state index in [1.807, 2.05) is 19.2 Å². The first-order valence-corrected chi connectivity index (χ1v) is 9.55. The summed E-state index contributed by atoms with van der Waals surface area (Å²) < 4.78 is 15.0. The molecular weight excluding hydrogens is 365 g/mol. The summed E-state index contributed by atoms with van der Waals surface area (Å²) in [6.07, 6.45) is 2.42. The van der Waals surface area contributed by atoms with Gasteiger partial charge in [-0.3, -0.25) is 10.00 Å². The van der Waals surface area contributed by atoms with Crippen molar-refractivity contribution in [2.45, 2.75) is 26.3 Å². The van der Waals surface area contributed by atoms with E-state index in [-0.39, 0.29) is 17.9 Å². The topological polar surface area (TPSA) is 63.1 Å². The molecule has 0 radical (unpaired) electrons. The number of anilines is 1. The van der Waals surface area contributed by atoms with Crippen molar-refractivity contribution in [2.24, 2.45) is 7.05 Å². The summed E-state index contributed by atoms with van der Waals surface area (Å²) in [5, 5.41) is 10.2. The third-order valence-electron chi connectivity index (χ3n) is 4.52. The number of aromatic nitrogens is 3. The van der Waals surface area contributed by atoms with Crippen molar-refractivity contribution in [2.75, 3.05) is 12.4 Å². The van der Waals surface area contributed by atoms with Gasteiger partial charge in [0.05, 0.1) is 11.7 Å². The fraction of sp³-hybridized carbons (Fsp3) is 0.316. The SMILES string of the molecule is CCc1nn(C)c(NC(=O)N(C)C(C)c2nccs2)c1-c1ccc(F)cc1. The van der Waals surface area contributed by atoms with E-state index in [9.17, 15) is 9.18 Å². The van der Waals surface area contributed by atoms with E-state index in [2.05, 4.69) is 15.4 Å². The molecule has 0 aliphatic rings. The second kappa shape index (κ2) is 7.87. The first-order valence-electron chi connectivity index (χ1n) is 8.67. The average Bonchev–Trinajstić information content (AvgIpc) is 3.30. The highest BCUT2D eigenvalue weighted by molar-refractivity contribution is 7.09. The number of halogens is 1. The van der Waals surface area contributed by atoms with Crippen LogP contribution in [-0.2, 0) is 13.5 Å². The van der Waals surface area contributed by atoms with Gasteiger partial charge >= 0.3 is 6.03 Å². The lowest BCUT2D eigenvalue weighted by Gasteiger charge is -2.24. The maximum atomic E-state index is 13.3. The molecular formula is C19H22FN5OS. The number of rotatable bonds is 5. The van der Waals surface area contributed by atoms with Crippen LogP contribution in [0.4, 0.5) is 15.0 Å². The van der Waals surface area contributed by atoms with Crippen LogP contribution in [0.3, 0.4) is 0 Å². The lowest BCUT2D eigenvalue weighted by molar-refractivity contribution is 0.208. The molecule has 2 aromatic heterocycles. The molecule has 1 aromatic carbocycles. The smallest absolute Gasteiger partial charge is 0.318 e. The highest BCUT2D eigenvalue weighted by Crippen LogP contribution is 2.32. The molecule has 6 nitrogen and oxygen atoms in total. The van der Waals surface area contributed by atoms with Gasteiger partial charge in [0.15, 0.2) is 0 Å². The third kappa shape index (κ3) is 3.85. The van der Waals surface area contributed by atoms with Gasteiger partial charge in [0, 0.05) is 31.2 Å². The zero-order valence-corrected chi connectivity index (χ0v) is 16.5. The van der Waals surface area contributed by atoms with Gasteiger partial charge in [-0.1, -0.05) is 19.1 Å². The lowest BCUT2D eigenvalue weighted by atomic mass is 10.0. The number of carbonyl (C=O) groups is 1. The van der Waals surface area contributed by atoms with Gasteiger partial charge in [-0.15, -0.1) is 11.3 Å². The number of urea groups is 1. The first-order chi connectivity index (χ1) is 12.9. The average molecular weight is 387 g/mol. The minimum Gasteiger partial charge on any atom is -0.318 e. The van der Waals surface area contributed by atoms with Crippen LogP contribution >= 0.6 is 11.3 Å². The quantitative estimate of drug-likeness (QED) is 0.702. The van der Waals surface area contributed by atoms with Crippen molar-refractivity contribution >= 4 is 23.2 Å². The molecule has 1 atom stereocenters. The minimum absolute atomic E-state index is 0.154. The van der Waals surface area contributed by atoms with Crippen molar-refractivity contribution < 1.29 is 9.18 Å². The van der Waals surface area contributed by atoms with Gasteiger partial charge in [-0.05, 0) is 31.0 Å². The summed E-state index contributed by atoms with van der Waals surface area (Å²) >= 11 is 1.51. The summed E-state index contributed by atoms with van der Waals surface area (Å²) in [6.45, 7) is 3.93. The normalized spacial score (nSPS) is 12.0. The maximum Gasteiger partial charge on any atom is 0.323 e. The summed E-state index contributed by atoms with van der Waals surface area (Å²) in [6, 6.07) is 5.80. The van der Waals surface area contributed by atoms with Crippen LogP contribution in [0.5, 0.6) is 0 Å². The Bertz CT molecular complexity index is 920. The monoisotopic (exact) mass is 387 g/mol. The molecule has 142 valence electrons. The number of nitrogens with zero attached hydrogens (tertiary/aromatic N) is 4. The van der Waals surface area contributed by atoms with Crippen LogP contribution in [0.2, 0.25) is 0 Å². The van der Waals surface area contributed by atoms with Gasteiger partial charge in [0.25, 0.3) is 0 Å². The van der Waals surface area contributed by atoms with Crippen LogP contribution in [-0.4, -0.2) is 32.7 Å². The standard InChI is InChI=1S/C19H22FN5OS/c1-5-15-16(13-6-8-14(20)9-7-13)17(25(4)23-15)22-19(26)24(3)12(2)18-21-10-11-27-18/h6-12H,5H2,1-4H3,(H,22,26). The molecule has 2 amide bonds. The third-order valence-corrected chi connectivity index (χ3v) is 5.47. The highest BCUT2D eigenvalue weighted by atomic mass is 32.1. The first kappa shape index (κ1) is 19.0. The second-order valence-corrected chi connectivity index (χ2v) is 7.17. The van der Waals surface area contributed by atoms with Crippen molar-refractivity contribution in [1.29, 1.82) is 0 Å². The second-order valence-electron chi connectivity index (χ2n) is 6.24.